The molecule has 4 aromatic heterocycles. The van der Waals surface area contributed by atoms with Crippen molar-refractivity contribution in [1.82, 2.24) is 39.5 Å². The number of hydrogen-bond acceptors (Lipinski definition) is 7. The van der Waals surface area contributed by atoms with Crippen molar-refractivity contribution in [3.8, 4) is 11.3 Å². The SMILES string of the molecule is CC(=O)N(C)N(Cc1ccc(-c2cnn(C(F)F)c2)nc1F)C(=O)c1ccc2nc(N)c3cnn(C)c3c2c1. The molecule has 14 heteroatoms. The number of aromatic nitrogens is 6. The van der Waals surface area contributed by atoms with Crippen LogP contribution in [0.15, 0.2) is 48.9 Å². The number of nitrogen functional groups attached to an aromatic ring is 1. The lowest BCUT2D eigenvalue weighted by molar-refractivity contribution is -0.140. The van der Waals surface area contributed by atoms with Crippen molar-refractivity contribution in [3.05, 3.63) is 66.0 Å². The number of carbonyl (C=O) groups is 2. The average molecular weight is 538 g/mol. The highest BCUT2D eigenvalue weighted by Gasteiger charge is 2.25. The number of anilines is 1. The standard InChI is InChI=1S/C25H22F3N9O2/c1-13(38)35(3)37(12-15-5-6-19(32-22(15)26)16-9-31-36(11-16)25(27)28)24(39)14-4-7-20-17(8-14)21-18(23(29)33-20)10-30-34(21)2/h4-11,25H,12H2,1-3H3,(H2,29,33). The second kappa shape index (κ2) is 9.70. The third kappa shape index (κ3) is 4.60. The number of aryl methyl sites for hydroxylation is 1. The largest absolute Gasteiger partial charge is 0.383 e. The molecule has 0 saturated heterocycles. The topological polar surface area (TPSA) is 128 Å². The number of benzene rings is 1. The van der Waals surface area contributed by atoms with E-state index in [9.17, 15) is 18.4 Å². The summed E-state index contributed by atoms with van der Waals surface area (Å²) in [4.78, 5) is 34.2. The van der Waals surface area contributed by atoms with Gasteiger partial charge in [0.2, 0.25) is 11.9 Å². The maximum Gasteiger partial charge on any atom is 0.333 e. The van der Waals surface area contributed by atoms with Gasteiger partial charge in [0, 0.05) is 49.3 Å². The minimum Gasteiger partial charge on any atom is -0.383 e. The summed E-state index contributed by atoms with van der Waals surface area (Å²) in [5.41, 5.74) is 7.79. The van der Waals surface area contributed by atoms with E-state index in [2.05, 4.69) is 20.2 Å². The van der Waals surface area contributed by atoms with Gasteiger partial charge in [0.25, 0.3) is 5.91 Å². The van der Waals surface area contributed by atoms with Crippen LogP contribution in [0.3, 0.4) is 0 Å². The quantitative estimate of drug-likeness (QED) is 0.268. The van der Waals surface area contributed by atoms with E-state index in [0.717, 1.165) is 22.4 Å². The zero-order chi connectivity index (χ0) is 28.0. The van der Waals surface area contributed by atoms with Crippen LogP contribution in [0.25, 0.3) is 33.1 Å². The van der Waals surface area contributed by atoms with Crippen molar-refractivity contribution in [2.45, 2.75) is 20.0 Å². The molecule has 0 aliphatic rings. The first-order valence-electron chi connectivity index (χ1n) is 11.6. The number of amides is 2. The van der Waals surface area contributed by atoms with Gasteiger partial charge in [-0.2, -0.15) is 23.4 Å². The van der Waals surface area contributed by atoms with Gasteiger partial charge in [0.05, 0.1) is 41.1 Å². The third-order valence-corrected chi connectivity index (χ3v) is 6.35. The molecule has 0 aliphatic carbocycles. The van der Waals surface area contributed by atoms with Gasteiger partial charge >= 0.3 is 6.55 Å². The summed E-state index contributed by atoms with van der Waals surface area (Å²) >= 11 is 0. The van der Waals surface area contributed by atoms with Crippen molar-refractivity contribution in [2.75, 3.05) is 12.8 Å². The Morgan fingerprint density at radius 1 is 1.08 bits per heavy atom. The molecule has 5 rings (SSSR count). The van der Waals surface area contributed by atoms with Crippen molar-refractivity contribution in [3.63, 3.8) is 0 Å². The van der Waals surface area contributed by atoms with Gasteiger partial charge in [-0.3, -0.25) is 19.3 Å². The van der Waals surface area contributed by atoms with Crippen LogP contribution < -0.4 is 5.73 Å². The van der Waals surface area contributed by atoms with Crippen LogP contribution in [-0.4, -0.2) is 58.4 Å². The highest BCUT2D eigenvalue weighted by Crippen LogP contribution is 2.29. The van der Waals surface area contributed by atoms with Gasteiger partial charge in [0.1, 0.15) is 5.82 Å². The molecule has 0 saturated carbocycles. The molecular weight excluding hydrogens is 515 g/mol. The molecule has 0 radical (unpaired) electrons. The second-order valence-electron chi connectivity index (χ2n) is 8.80. The Labute approximate surface area is 219 Å². The number of alkyl halides is 2. The Morgan fingerprint density at radius 3 is 2.51 bits per heavy atom. The van der Waals surface area contributed by atoms with E-state index in [1.54, 1.807) is 36.1 Å². The van der Waals surface area contributed by atoms with Crippen LogP contribution >= 0.6 is 0 Å². The molecular formula is C25H22F3N9O2. The highest BCUT2D eigenvalue weighted by atomic mass is 19.3. The Morgan fingerprint density at radius 2 is 1.85 bits per heavy atom. The third-order valence-electron chi connectivity index (χ3n) is 6.35. The average Bonchev–Trinajstić information content (AvgIpc) is 3.55. The van der Waals surface area contributed by atoms with Crippen molar-refractivity contribution in [2.24, 2.45) is 7.05 Å². The van der Waals surface area contributed by atoms with E-state index in [1.807, 2.05) is 0 Å². The Balaban J connectivity index is 1.50. The molecule has 1 aromatic carbocycles. The lowest BCUT2D eigenvalue weighted by Gasteiger charge is -2.31. The number of hydrazine groups is 1. The molecule has 2 N–H and O–H groups in total. The number of nitrogens with zero attached hydrogens (tertiary/aromatic N) is 8. The van der Waals surface area contributed by atoms with Gasteiger partial charge in [-0.25, -0.2) is 19.7 Å². The predicted molar refractivity (Wildman–Crippen MR) is 135 cm³/mol. The Hall–Kier alpha value is -5.01. The van der Waals surface area contributed by atoms with E-state index in [0.29, 0.717) is 32.3 Å². The van der Waals surface area contributed by atoms with Crippen LogP contribution in [0, 0.1) is 5.95 Å². The fourth-order valence-corrected chi connectivity index (χ4v) is 4.20. The Bertz CT molecular complexity index is 1750. The zero-order valence-electron chi connectivity index (χ0n) is 21.0. The summed E-state index contributed by atoms with van der Waals surface area (Å²) in [5, 5.41) is 11.2. The van der Waals surface area contributed by atoms with E-state index in [-0.39, 0.29) is 28.9 Å². The molecule has 39 heavy (non-hydrogen) atoms. The minimum absolute atomic E-state index is 0.00528. The summed E-state index contributed by atoms with van der Waals surface area (Å²) < 4.78 is 42.8. The maximum atomic E-state index is 15.1. The monoisotopic (exact) mass is 537 g/mol. The minimum atomic E-state index is -2.85. The molecule has 0 atom stereocenters. The van der Waals surface area contributed by atoms with Crippen LogP contribution in [0.1, 0.15) is 29.4 Å². The maximum absolute atomic E-state index is 15.1. The smallest absolute Gasteiger partial charge is 0.333 e. The first-order chi connectivity index (χ1) is 18.5. The highest BCUT2D eigenvalue weighted by molar-refractivity contribution is 6.10. The zero-order valence-corrected chi connectivity index (χ0v) is 21.0. The molecule has 2 amide bonds. The summed E-state index contributed by atoms with van der Waals surface area (Å²) in [6, 6.07) is 7.59. The van der Waals surface area contributed by atoms with E-state index >= 15 is 4.39 Å². The molecule has 0 bridgehead atoms. The van der Waals surface area contributed by atoms with Crippen LogP contribution in [0.2, 0.25) is 0 Å². The lowest BCUT2D eigenvalue weighted by atomic mass is 10.1. The van der Waals surface area contributed by atoms with E-state index in [4.69, 9.17) is 5.73 Å². The molecule has 0 fully saturated rings. The predicted octanol–water partition coefficient (Wildman–Crippen LogP) is 3.53. The first kappa shape index (κ1) is 25.6. The molecule has 0 spiro atoms. The number of pyridine rings is 2. The van der Waals surface area contributed by atoms with E-state index < -0.39 is 24.3 Å². The molecule has 0 aliphatic heterocycles. The van der Waals surface area contributed by atoms with Gasteiger partial charge in [-0.15, -0.1) is 0 Å². The van der Waals surface area contributed by atoms with Gasteiger partial charge in [-0.1, -0.05) is 6.07 Å². The normalized spacial score (nSPS) is 11.5. The van der Waals surface area contributed by atoms with Crippen LogP contribution in [0.5, 0.6) is 0 Å². The van der Waals surface area contributed by atoms with Crippen LogP contribution in [0.4, 0.5) is 19.0 Å². The fraction of sp³-hybridized carbons (Fsp3) is 0.200. The van der Waals surface area contributed by atoms with Crippen molar-refractivity contribution < 1.29 is 22.8 Å². The summed E-state index contributed by atoms with van der Waals surface area (Å²) in [6.45, 7) is -1.91. The van der Waals surface area contributed by atoms with Gasteiger partial charge < -0.3 is 5.73 Å². The molecule has 4 heterocycles. The number of fused-ring (bicyclic) bond motifs is 3. The second-order valence-corrected chi connectivity index (χ2v) is 8.80. The van der Waals surface area contributed by atoms with E-state index in [1.165, 1.54) is 26.1 Å². The fourth-order valence-electron chi connectivity index (χ4n) is 4.20. The summed E-state index contributed by atoms with van der Waals surface area (Å²) in [7, 11) is 3.13. The van der Waals surface area contributed by atoms with Gasteiger partial charge in [-0.05, 0) is 24.3 Å². The molecule has 200 valence electrons. The summed E-state index contributed by atoms with van der Waals surface area (Å²) in [6.07, 6.45) is 3.78. The number of hydrogen-bond donors (Lipinski definition) is 1. The molecule has 5 aromatic rings. The van der Waals surface area contributed by atoms with Crippen molar-refractivity contribution >= 4 is 39.4 Å². The Kier molecular flexibility index (Phi) is 6.38. The lowest BCUT2D eigenvalue weighted by Crippen LogP contribution is -2.46. The first-order valence-corrected chi connectivity index (χ1v) is 11.6. The van der Waals surface area contributed by atoms with Crippen molar-refractivity contribution in [1.29, 1.82) is 0 Å². The van der Waals surface area contributed by atoms with Crippen LogP contribution in [-0.2, 0) is 18.4 Å². The number of halogens is 3. The number of carbonyl (C=O) groups excluding carboxylic acids is 2. The van der Waals surface area contributed by atoms with Gasteiger partial charge in [0.15, 0.2) is 0 Å². The number of rotatable bonds is 5. The molecule has 11 nitrogen and oxygen atoms in total. The molecule has 0 unspecified atom stereocenters. The summed E-state index contributed by atoms with van der Waals surface area (Å²) in [5.74, 6) is -1.67. The number of nitrogens with two attached hydrogens (primary N) is 1.